The Labute approximate surface area is 66.2 Å². The van der Waals surface area contributed by atoms with E-state index in [2.05, 4.69) is 46.9 Å². The topological polar surface area (TPSA) is 12.0 Å². The Bertz CT molecular complexity index is 42.7. The third-order valence-corrected chi connectivity index (χ3v) is 0.667. The van der Waals surface area contributed by atoms with Crippen LogP contribution in [0.2, 0.25) is 0 Å². The summed E-state index contributed by atoms with van der Waals surface area (Å²) in [5.74, 6) is 0. The Morgan fingerprint density at radius 2 is 1.10 bits per heavy atom. The molecule has 1 N–H and O–H groups in total. The van der Waals surface area contributed by atoms with Crippen LogP contribution in [0.4, 0.5) is 0 Å². The summed E-state index contributed by atoms with van der Waals surface area (Å²) in [5, 5.41) is 3.31. The van der Waals surface area contributed by atoms with Crippen molar-refractivity contribution in [3.63, 3.8) is 0 Å². The van der Waals surface area contributed by atoms with Crippen LogP contribution in [0, 0.1) is 0 Å². The molecule has 0 fully saturated rings. The van der Waals surface area contributed by atoms with Gasteiger partial charge >= 0.3 is 0 Å². The lowest BCUT2D eigenvalue weighted by Gasteiger charge is -2.10. The second-order valence-electron chi connectivity index (χ2n) is 3.18. The zero-order chi connectivity index (χ0) is 8.57. The molecule has 0 radical (unpaired) electrons. The van der Waals surface area contributed by atoms with Gasteiger partial charge in [-0.05, 0) is 0 Å². The molecule has 0 aromatic carbocycles. The van der Waals surface area contributed by atoms with Crippen LogP contribution in [0.25, 0.3) is 0 Å². The molecule has 0 unspecified atom stereocenters. The number of rotatable bonds is 2. The first-order valence-corrected chi connectivity index (χ1v) is 4.30. The van der Waals surface area contributed by atoms with E-state index in [1.54, 1.807) is 0 Å². The van der Waals surface area contributed by atoms with Gasteiger partial charge < -0.3 is 5.32 Å². The molecule has 0 aliphatic rings. The van der Waals surface area contributed by atoms with E-state index in [1.165, 1.54) is 6.42 Å². The Hall–Kier alpha value is -0.0400. The molecule has 0 atom stereocenters. The predicted molar refractivity (Wildman–Crippen MR) is 49.4 cm³/mol. The fourth-order valence-electron chi connectivity index (χ4n) is 0.667. The maximum Gasteiger partial charge on any atom is 0.00127 e. The lowest BCUT2D eigenvalue weighted by molar-refractivity contribution is 0.518. The Kier molecular flexibility index (Phi) is 11.3. The zero-order valence-corrected chi connectivity index (χ0v) is 8.36. The maximum absolute atomic E-state index is 3.31. The van der Waals surface area contributed by atoms with Crippen LogP contribution in [0.1, 0.15) is 48.0 Å². The van der Waals surface area contributed by atoms with Crippen molar-refractivity contribution in [2.24, 2.45) is 0 Å². The van der Waals surface area contributed by atoms with E-state index >= 15 is 0 Å². The van der Waals surface area contributed by atoms with Gasteiger partial charge in [-0.1, -0.05) is 48.0 Å². The van der Waals surface area contributed by atoms with E-state index < -0.39 is 0 Å². The maximum atomic E-state index is 3.31. The Morgan fingerprint density at radius 1 is 0.900 bits per heavy atom. The summed E-state index contributed by atoms with van der Waals surface area (Å²) in [6, 6.07) is 1.25. The molecule has 1 heteroatoms. The molecule has 10 heavy (non-hydrogen) atoms. The summed E-state index contributed by atoms with van der Waals surface area (Å²) >= 11 is 0. The molecule has 0 aromatic heterocycles. The number of nitrogens with one attached hydrogen (secondary N) is 1. The highest BCUT2D eigenvalue weighted by molar-refractivity contribution is 4.55. The van der Waals surface area contributed by atoms with Crippen molar-refractivity contribution in [1.29, 1.82) is 0 Å². The van der Waals surface area contributed by atoms with Crippen molar-refractivity contribution in [3.05, 3.63) is 0 Å². The summed E-state index contributed by atoms with van der Waals surface area (Å²) in [7, 11) is 0. The first-order valence-electron chi connectivity index (χ1n) is 4.30. The standard InChI is InChI=1S/C6H15N.C3H8/c1-5(2)7-6(3)4;1-3-2/h5-7H,1-4H3;3H2,1-2H3. The summed E-state index contributed by atoms with van der Waals surface area (Å²) in [6.45, 7) is 12.9. The number of hydrogen-bond donors (Lipinski definition) is 1. The van der Waals surface area contributed by atoms with Gasteiger partial charge in [0.25, 0.3) is 0 Å². The third kappa shape index (κ3) is 24.6. The molecule has 0 saturated carbocycles. The minimum absolute atomic E-state index is 0.625. The van der Waals surface area contributed by atoms with Gasteiger partial charge in [-0.15, -0.1) is 0 Å². The second-order valence-corrected chi connectivity index (χ2v) is 3.18. The lowest BCUT2D eigenvalue weighted by atomic mass is 10.3. The minimum Gasteiger partial charge on any atom is -0.312 e. The van der Waals surface area contributed by atoms with Crippen LogP contribution >= 0.6 is 0 Å². The van der Waals surface area contributed by atoms with Crippen molar-refractivity contribution in [1.82, 2.24) is 5.32 Å². The molecule has 0 bridgehead atoms. The van der Waals surface area contributed by atoms with Gasteiger partial charge in [0.2, 0.25) is 0 Å². The highest BCUT2D eigenvalue weighted by Crippen LogP contribution is 1.80. The van der Waals surface area contributed by atoms with E-state index in [-0.39, 0.29) is 0 Å². The molecular formula is C9H23N. The molecule has 0 rings (SSSR count). The van der Waals surface area contributed by atoms with Crippen molar-refractivity contribution in [2.75, 3.05) is 0 Å². The van der Waals surface area contributed by atoms with Crippen molar-refractivity contribution < 1.29 is 0 Å². The zero-order valence-electron chi connectivity index (χ0n) is 8.36. The normalized spacial score (nSPS) is 9.60. The van der Waals surface area contributed by atoms with Crippen molar-refractivity contribution in [3.8, 4) is 0 Å². The molecule has 0 aliphatic carbocycles. The van der Waals surface area contributed by atoms with Gasteiger partial charge in [0.05, 0.1) is 0 Å². The smallest absolute Gasteiger partial charge is 0.00127 e. The molecule has 0 aliphatic heterocycles. The van der Waals surface area contributed by atoms with E-state index in [0.717, 1.165) is 0 Å². The number of hydrogen-bond acceptors (Lipinski definition) is 1. The summed E-state index contributed by atoms with van der Waals surface area (Å²) < 4.78 is 0. The molecule has 0 heterocycles. The molecular weight excluding hydrogens is 122 g/mol. The van der Waals surface area contributed by atoms with E-state index in [1.807, 2.05) is 0 Å². The Balaban J connectivity index is 0. The van der Waals surface area contributed by atoms with Gasteiger partial charge in [0.15, 0.2) is 0 Å². The molecule has 1 nitrogen and oxygen atoms in total. The molecule has 0 amide bonds. The highest BCUT2D eigenvalue weighted by atomic mass is 14.9. The summed E-state index contributed by atoms with van der Waals surface area (Å²) in [4.78, 5) is 0. The monoisotopic (exact) mass is 145 g/mol. The molecule has 0 saturated heterocycles. The van der Waals surface area contributed by atoms with Crippen molar-refractivity contribution >= 4 is 0 Å². The summed E-state index contributed by atoms with van der Waals surface area (Å²) in [6.07, 6.45) is 1.25. The van der Waals surface area contributed by atoms with Crippen LogP contribution in [-0.4, -0.2) is 12.1 Å². The first kappa shape index (κ1) is 12.6. The van der Waals surface area contributed by atoms with E-state index in [0.29, 0.717) is 12.1 Å². The van der Waals surface area contributed by atoms with E-state index in [4.69, 9.17) is 0 Å². The largest absolute Gasteiger partial charge is 0.312 e. The van der Waals surface area contributed by atoms with Gasteiger partial charge in [0, 0.05) is 12.1 Å². The minimum atomic E-state index is 0.625. The van der Waals surface area contributed by atoms with Gasteiger partial charge in [0.1, 0.15) is 0 Å². The van der Waals surface area contributed by atoms with Crippen LogP contribution in [0.15, 0.2) is 0 Å². The predicted octanol–water partition coefficient (Wildman–Crippen LogP) is 2.81. The van der Waals surface area contributed by atoms with Gasteiger partial charge in [-0.3, -0.25) is 0 Å². The van der Waals surface area contributed by atoms with Crippen LogP contribution in [-0.2, 0) is 0 Å². The Morgan fingerprint density at radius 3 is 1.10 bits per heavy atom. The average Bonchev–Trinajstić information content (AvgIpc) is 1.62. The third-order valence-electron chi connectivity index (χ3n) is 0.667. The van der Waals surface area contributed by atoms with Crippen LogP contribution in [0.3, 0.4) is 0 Å². The first-order chi connectivity index (χ1) is 4.54. The fraction of sp³-hybridized carbons (Fsp3) is 1.00. The second kappa shape index (κ2) is 8.96. The quantitative estimate of drug-likeness (QED) is 0.630. The average molecular weight is 145 g/mol. The molecule has 0 aromatic rings. The SMILES string of the molecule is CC(C)NC(C)C.CCC. The summed E-state index contributed by atoms with van der Waals surface area (Å²) in [5.41, 5.74) is 0. The molecule has 0 spiro atoms. The van der Waals surface area contributed by atoms with Gasteiger partial charge in [-0.2, -0.15) is 0 Å². The van der Waals surface area contributed by atoms with Crippen LogP contribution in [0.5, 0.6) is 0 Å². The van der Waals surface area contributed by atoms with Crippen LogP contribution < -0.4 is 5.32 Å². The van der Waals surface area contributed by atoms with Crippen molar-refractivity contribution in [2.45, 2.75) is 60.0 Å². The molecule has 64 valence electrons. The van der Waals surface area contributed by atoms with Gasteiger partial charge in [-0.25, -0.2) is 0 Å². The van der Waals surface area contributed by atoms with E-state index in [9.17, 15) is 0 Å². The fourth-order valence-corrected chi connectivity index (χ4v) is 0.667. The lowest BCUT2D eigenvalue weighted by Crippen LogP contribution is -2.29. The highest BCUT2D eigenvalue weighted by Gasteiger charge is 1.92.